The summed E-state index contributed by atoms with van der Waals surface area (Å²) >= 11 is 0. The molecule has 3 aromatic rings. The Hall–Kier alpha value is -3.47. The SMILES string of the molecule is COc1ccc(OC)c(C2CCCN2C(=O)COc2ccccc2-c2ccccc2)c1. The second kappa shape index (κ2) is 9.56. The summed E-state index contributed by atoms with van der Waals surface area (Å²) in [6.45, 7) is 0.695. The minimum Gasteiger partial charge on any atom is -0.497 e. The monoisotopic (exact) mass is 417 g/mol. The zero-order chi connectivity index (χ0) is 21.6. The van der Waals surface area contributed by atoms with Gasteiger partial charge in [-0.3, -0.25) is 4.79 Å². The number of methoxy groups -OCH3 is 2. The first-order valence-corrected chi connectivity index (χ1v) is 10.5. The van der Waals surface area contributed by atoms with Gasteiger partial charge in [-0.05, 0) is 42.7 Å². The van der Waals surface area contributed by atoms with Gasteiger partial charge in [-0.25, -0.2) is 0 Å². The van der Waals surface area contributed by atoms with Crippen LogP contribution < -0.4 is 14.2 Å². The number of hydrogen-bond acceptors (Lipinski definition) is 4. The van der Waals surface area contributed by atoms with Crippen LogP contribution >= 0.6 is 0 Å². The van der Waals surface area contributed by atoms with Crippen molar-refractivity contribution in [2.24, 2.45) is 0 Å². The number of rotatable bonds is 7. The number of hydrogen-bond donors (Lipinski definition) is 0. The minimum absolute atomic E-state index is 0.00731. The summed E-state index contributed by atoms with van der Waals surface area (Å²) in [6.07, 6.45) is 1.83. The Balaban J connectivity index is 1.51. The quantitative estimate of drug-likeness (QED) is 0.536. The maximum atomic E-state index is 13.1. The molecule has 1 heterocycles. The summed E-state index contributed by atoms with van der Waals surface area (Å²) in [6, 6.07) is 23.5. The van der Waals surface area contributed by atoms with E-state index in [0.717, 1.165) is 41.0 Å². The average Bonchev–Trinajstić information content (AvgIpc) is 3.33. The third-order valence-corrected chi connectivity index (χ3v) is 5.69. The number of carbonyl (C=O) groups is 1. The molecule has 1 saturated heterocycles. The van der Waals surface area contributed by atoms with Gasteiger partial charge in [0.1, 0.15) is 17.2 Å². The molecule has 0 bridgehead atoms. The van der Waals surface area contributed by atoms with Crippen molar-refractivity contribution in [2.75, 3.05) is 27.4 Å². The predicted molar refractivity (Wildman–Crippen MR) is 121 cm³/mol. The number of para-hydroxylation sites is 1. The van der Waals surface area contributed by atoms with E-state index in [1.807, 2.05) is 77.7 Å². The van der Waals surface area contributed by atoms with Crippen LogP contribution in [-0.2, 0) is 4.79 Å². The lowest BCUT2D eigenvalue weighted by molar-refractivity contribution is -0.134. The maximum absolute atomic E-state index is 13.1. The first-order chi connectivity index (χ1) is 15.2. The molecule has 1 atom stereocenters. The Morgan fingerprint density at radius 1 is 0.935 bits per heavy atom. The fraction of sp³-hybridized carbons (Fsp3) is 0.269. The van der Waals surface area contributed by atoms with Crippen LogP contribution in [0.4, 0.5) is 0 Å². The Labute approximate surface area is 183 Å². The molecule has 0 saturated carbocycles. The van der Waals surface area contributed by atoms with E-state index in [1.54, 1.807) is 14.2 Å². The highest BCUT2D eigenvalue weighted by atomic mass is 16.5. The Kier molecular flexibility index (Phi) is 6.41. The van der Waals surface area contributed by atoms with Gasteiger partial charge in [0, 0.05) is 17.7 Å². The van der Waals surface area contributed by atoms with Gasteiger partial charge in [0.15, 0.2) is 6.61 Å². The van der Waals surface area contributed by atoms with E-state index in [2.05, 4.69) is 0 Å². The smallest absolute Gasteiger partial charge is 0.261 e. The first-order valence-electron chi connectivity index (χ1n) is 10.5. The van der Waals surface area contributed by atoms with Crippen LogP contribution in [0.15, 0.2) is 72.8 Å². The number of likely N-dealkylation sites (tertiary alicyclic amines) is 1. The molecule has 0 aliphatic carbocycles. The highest BCUT2D eigenvalue weighted by molar-refractivity contribution is 5.79. The summed E-state index contributed by atoms with van der Waals surface area (Å²) in [5, 5.41) is 0. The molecule has 3 aromatic carbocycles. The maximum Gasteiger partial charge on any atom is 0.261 e. The normalized spacial score (nSPS) is 15.5. The number of amides is 1. The second-order valence-corrected chi connectivity index (χ2v) is 7.50. The van der Waals surface area contributed by atoms with Crippen molar-refractivity contribution in [2.45, 2.75) is 18.9 Å². The molecular formula is C26H27NO4. The van der Waals surface area contributed by atoms with E-state index >= 15 is 0 Å². The van der Waals surface area contributed by atoms with Crippen molar-refractivity contribution >= 4 is 5.91 Å². The molecule has 5 nitrogen and oxygen atoms in total. The van der Waals surface area contributed by atoms with Crippen molar-refractivity contribution in [3.63, 3.8) is 0 Å². The number of nitrogens with zero attached hydrogens (tertiary/aromatic N) is 1. The van der Waals surface area contributed by atoms with E-state index in [4.69, 9.17) is 14.2 Å². The molecule has 4 rings (SSSR count). The van der Waals surface area contributed by atoms with Gasteiger partial charge in [0.05, 0.1) is 20.3 Å². The lowest BCUT2D eigenvalue weighted by Gasteiger charge is -2.27. The van der Waals surface area contributed by atoms with Crippen LogP contribution in [0.25, 0.3) is 11.1 Å². The van der Waals surface area contributed by atoms with Gasteiger partial charge in [0.2, 0.25) is 0 Å². The van der Waals surface area contributed by atoms with E-state index in [-0.39, 0.29) is 18.6 Å². The van der Waals surface area contributed by atoms with Crippen molar-refractivity contribution in [1.29, 1.82) is 0 Å². The number of ether oxygens (including phenoxy) is 3. The van der Waals surface area contributed by atoms with Gasteiger partial charge in [-0.15, -0.1) is 0 Å². The second-order valence-electron chi connectivity index (χ2n) is 7.50. The molecule has 0 N–H and O–H groups in total. The fourth-order valence-electron chi connectivity index (χ4n) is 4.16. The summed E-state index contributed by atoms with van der Waals surface area (Å²) in [7, 11) is 3.29. The average molecular weight is 418 g/mol. The van der Waals surface area contributed by atoms with Crippen molar-refractivity contribution in [3.05, 3.63) is 78.4 Å². The Bertz CT molecular complexity index is 1030. The zero-order valence-electron chi connectivity index (χ0n) is 17.9. The highest BCUT2D eigenvalue weighted by Gasteiger charge is 2.32. The van der Waals surface area contributed by atoms with Gasteiger partial charge in [-0.1, -0.05) is 48.5 Å². The third-order valence-electron chi connectivity index (χ3n) is 5.69. The zero-order valence-corrected chi connectivity index (χ0v) is 17.9. The standard InChI is InChI=1S/C26H27NO4/c1-29-20-14-15-24(30-2)22(17-20)23-12-8-16-27(23)26(28)18-31-25-13-7-6-11-21(25)19-9-4-3-5-10-19/h3-7,9-11,13-15,17,23H,8,12,16,18H2,1-2H3. The van der Waals surface area contributed by atoms with E-state index in [9.17, 15) is 4.79 Å². The van der Waals surface area contributed by atoms with E-state index < -0.39 is 0 Å². The Morgan fingerprint density at radius 2 is 1.71 bits per heavy atom. The van der Waals surface area contributed by atoms with Crippen LogP contribution in [0.1, 0.15) is 24.4 Å². The van der Waals surface area contributed by atoms with Crippen molar-refractivity contribution < 1.29 is 19.0 Å². The fourth-order valence-corrected chi connectivity index (χ4v) is 4.16. The van der Waals surface area contributed by atoms with Crippen LogP contribution in [-0.4, -0.2) is 38.2 Å². The Morgan fingerprint density at radius 3 is 2.48 bits per heavy atom. The summed E-state index contributed by atoms with van der Waals surface area (Å²) in [4.78, 5) is 15.0. The van der Waals surface area contributed by atoms with Gasteiger partial charge < -0.3 is 19.1 Å². The van der Waals surface area contributed by atoms with E-state index in [0.29, 0.717) is 12.3 Å². The molecule has 1 unspecified atom stereocenters. The first kappa shape index (κ1) is 20.8. The molecule has 160 valence electrons. The molecule has 1 aliphatic heterocycles. The van der Waals surface area contributed by atoms with Crippen molar-refractivity contribution in [1.82, 2.24) is 4.90 Å². The highest BCUT2D eigenvalue weighted by Crippen LogP contribution is 2.39. The molecule has 0 radical (unpaired) electrons. The summed E-state index contributed by atoms with van der Waals surface area (Å²) < 4.78 is 16.9. The molecule has 1 fully saturated rings. The lowest BCUT2D eigenvalue weighted by atomic mass is 10.0. The largest absolute Gasteiger partial charge is 0.497 e. The molecule has 5 heteroatoms. The summed E-state index contributed by atoms with van der Waals surface area (Å²) in [5.74, 6) is 2.19. The molecule has 1 amide bonds. The van der Waals surface area contributed by atoms with Gasteiger partial charge in [-0.2, -0.15) is 0 Å². The predicted octanol–water partition coefficient (Wildman–Crippen LogP) is 5.11. The van der Waals surface area contributed by atoms with Crippen LogP contribution in [0, 0.1) is 0 Å². The van der Waals surface area contributed by atoms with Gasteiger partial charge in [0.25, 0.3) is 5.91 Å². The summed E-state index contributed by atoms with van der Waals surface area (Å²) in [5.41, 5.74) is 3.01. The van der Waals surface area contributed by atoms with Crippen molar-refractivity contribution in [3.8, 4) is 28.4 Å². The number of carbonyl (C=O) groups excluding carboxylic acids is 1. The van der Waals surface area contributed by atoms with Crippen LogP contribution in [0.3, 0.4) is 0 Å². The molecule has 31 heavy (non-hydrogen) atoms. The van der Waals surface area contributed by atoms with Crippen LogP contribution in [0.2, 0.25) is 0 Å². The molecule has 1 aliphatic rings. The van der Waals surface area contributed by atoms with Crippen LogP contribution in [0.5, 0.6) is 17.2 Å². The van der Waals surface area contributed by atoms with Gasteiger partial charge >= 0.3 is 0 Å². The topological polar surface area (TPSA) is 48.0 Å². The number of benzene rings is 3. The molecule has 0 aromatic heterocycles. The molecular weight excluding hydrogens is 390 g/mol. The lowest BCUT2D eigenvalue weighted by Crippen LogP contribution is -2.34. The molecule has 0 spiro atoms. The minimum atomic E-state index is -0.0504. The third kappa shape index (κ3) is 4.50. The van der Waals surface area contributed by atoms with E-state index in [1.165, 1.54) is 0 Å².